The first-order valence-electron chi connectivity index (χ1n) is 11.5. The van der Waals surface area contributed by atoms with Crippen LogP contribution in [0.5, 0.6) is 5.88 Å². The summed E-state index contributed by atoms with van der Waals surface area (Å²) in [6.45, 7) is 12.0. The number of pyridine rings is 1. The van der Waals surface area contributed by atoms with Gasteiger partial charge in [-0.15, -0.1) is 0 Å². The third-order valence-electron chi connectivity index (χ3n) is 5.42. The van der Waals surface area contributed by atoms with Gasteiger partial charge >= 0.3 is 6.03 Å². The molecule has 0 radical (unpaired) electrons. The van der Waals surface area contributed by atoms with Crippen LogP contribution in [0.3, 0.4) is 0 Å². The van der Waals surface area contributed by atoms with Gasteiger partial charge < -0.3 is 15.0 Å². The summed E-state index contributed by atoms with van der Waals surface area (Å²) in [5.74, 6) is 1.11. The van der Waals surface area contributed by atoms with Crippen LogP contribution < -0.4 is 15.0 Å². The van der Waals surface area contributed by atoms with Crippen molar-refractivity contribution in [3.63, 3.8) is 0 Å². The number of nitrogens with zero attached hydrogens (tertiary/aromatic N) is 5. The smallest absolute Gasteiger partial charge is 0.323 e. The summed E-state index contributed by atoms with van der Waals surface area (Å²) in [4.78, 5) is 29.7. The largest absolute Gasteiger partial charge is 0.478 e. The van der Waals surface area contributed by atoms with Crippen LogP contribution >= 0.6 is 0 Å². The van der Waals surface area contributed by atoms with Gasteiger partial charge in [0.05, 0.1) is 23.8 Å². The van der Waals surface area contributed by atoms with Crippen molar-refractivity contribution in [3.8, 4) is 17.0 Å². The van der Waals surface area contributed by atoms with Crippen molar-refractivity contribution in [2.75, 3.05) is 38.2 Å². The molecule has 2 amide bonds. The molecule has 1 N–H and O–H groups in total. The first kappa shape index (κ1) is 24.4. The molecule has 0 spiro atoms. The van der Waals surface area contributed by atoms with Crippen LogP contribution in [-0.2, 0) is 0 Å². The van der Waals surface area contributed by atoms with Gasteiger partial charge in [-0.3, -0.25) is 9.88 Å². The lowest BCUT2D eigenvalue weighted by atomic mass is 10.1. The van der Waals surface area contributed by atoms with Crippen LogP contribution in [-0.4, -0.2) is 65.2 Å². The molecule has 1 aromatic carbocycles. The van der Waals surface area contributed by atoms with Gasteiger partial charge in [0.2, 0.25) is 5.88 Å². The zero-order chi connectivity index (χ0) is 23.8. The normalized spacial score (nSPS) is 11.2. The maximum Gasteiger partial charge on any atom is 0.323 e. The molecule has 0 aliphatic carbocycles. The van der Waals surface area contributed by atoms with Crippen molar-refractivity contribution in [2.24, 2.45) is 0 Å². The van der Waals surface area contributed by atoms with E-state index in [1.165, 1.54) is 4.90 Å². The van der Waals surface area contributed by atoms with Crippen molar-refractivity contribution in [1.29, 1.82) is 0 Å². The second-order valence-electron chi connectivity index (χ2n) is 8.21. The number of benzene rings is 1. The molecule has 0 bridgehead atoms. The molecule has 0 atom stereocenters. The highest BCUT2D eigenvalue weighted by molar-refractivity contribution is 5.91. The Bertz CT molecular complexity index is 1050. The molecule has 2 heterocycles. The number of anilines is 1. The summed E-state index contributed by atoms with van der Waals surface area (Å²) >= 11 is 0. The molecule has 0 fully saturated rings. The summed E-state index contributed by atoms with van der Waals surface area (Å²) in [7, 11) is 1.68. The van der Waals surface area contributed by atoms with Crippen LogP contribution in [0.4, 0.5) is 10.6 Å². The molecule has 8 nitrogen and oxygen atoms in total. The van der Waals surface area contributed by atoms with E-state index in [0.29, 0.717) is 23.8 Å². The zero-order valence-corrected chi connectivity index (χ0v) is 20.2. The first-order valence-corrected chi connectivity index (χ1v) is 11.5. The molecule has 8 heteroatoms. The van der Waals surface area contributed by atoms with Gasteiger partial charge in [-0.2, -0.15) is 0 Å². The molecule has 0 saturated carbocycles. The fraction of sp³-hybridized carbons (Fsp3) is 0.440. The number of ether oxygens (including phenoxy) is 1. The molecular formula is C25H34N6O2. The molecule has 33 heavy (non-hydrogen) atoms. The summed E-state index contributed by atoms with van der Waals surface area (Å²) in [6, 6.07) is 9.59. The van der Waals surface area contributed by atoms with Crippen molar-refractivity contribution in [3.05, 3.63) is 42.7 Å². The summed E-state index contributed by atoms with van der Waals surface area (Å²) in [5.41, 5.74) is 3.42. The Balaban J connectivity index is 1.68. The molecule has 0 saturated heterocycles. The third-order valence-corrected chi connectivity index (χ3v) is 5.42. The SMILES string of the molecule is CCN(CC)CCCOc1ccc(-c2ccc3ncc(N(C)C(=O)NC(C)C)nc3c2)cn1. The number of aromatic nitrogens is 3. The van der Waals surface area contributed by atoms with E-state index in [1.54, 1.807) is 19.4 Å². The Morgan fingerprint density at radius 3 is 2.45 bits per heavy atom. The fourth-order valence-electron chi connectivity index (χ4n) is 3.43. The highest BCUT2D eigenvalue weighted by Crippen LogP contribution is 2.24. The third kappa shape index (κ3) is 6.61. The highest BCUT2D eigenvalue weighted by atomic mass is 16.5. The number of carbonyl (C=O) groups excluding carboxylic acids is 1. The zero-order valence-electron chi connectivity index (χ0n) is 20.2. The second-order valence-corrected chi connectivity index (χ2v) is 8.21. The lowest BCUT2D eigenvalue weighted by Gasteiger charge is -2.18. The maximum atomic E-state index is 12.3. The summed E-state index contributed by atoms with van der Waals surface area (Å²) in [5, 5.41) is 2.86. The van der Waals surface area contributed by atoms with Gasteiger partial charge in [0.1, 0.15) is 0 Å². The number of hydrogen-bond acceptors (Lipinski definition) is 6. The Morgan fingerprint density at radius 1 is 1.03 bits per heavy atom. The van der Waals surface area contributed by atoms with Gasteiger partial charge in [-0.1, -0.05) is 19.9 Å². The molecule has 0 aliphatic heterocycles. The van der Waals surface area contributed by atoms with Crippen LogP contribution in [0.1, 0.15) is 34.1 Å². The van der Waals surface area contributed by atoms with E-state index in [2.05, 4.69) is 39.0 Å². The van der Waals surface area contributed by atoms with E-state index in [-0.39, 0.29) is 12.1 Å². The van der Waals surface area contributed by atoms with Gasteiger partial charge in [0.25, 0.3) is 0 Å². The van der Waals surface area contributed by atoms with Gasteiger partial charge in [-0.05, 0) is 57.1 Å². The van der Waals surface area contributed by atoms with Crippen LogP contribution in [0.2, 0.25) is 0 Å². The van der Waals surface area contributed by atoms with Crippen LogP contribution in [0, 0.1) is 0 Å². The lowest BCUT2D eigenvalue weighted by Crippen LogP contribution is -2.41. The van der Waals surface area contributed by atoms with Crippen LogP contribution in [0.25, 0.3) is 22.2 Å². The summed E-state index contributed by atoms with van der Waals surface area (Å²) < 4.78 is 5.79. The van der Waals surface area contributed by atoms with Gasteiger partial charge in [-0.25, -0.2) is 14.8 Å². The van der Waals surface area contributed by atoms with Crippen molar-refractivity contribution in [2.45, 2.75) is 40.2 Å². The Morgan fingerprint density at radius 2 is 1.79 bits per heavy atom. The first-order chi connectivity index (χ1) is 15.9. The Hall–Kier alpha value is -3.26. The van der Waals surface area contributed by atoms with E-state index in [0.717, 1.165) is 42.7 Å². The number of amides is 2. The predicted molar refractivity (Wildman–Crippen MR) is 133 cm³/mol. The molecule has 0 aliphatic rings. The maximum absolute atomic E-state index is 12.3. The average Bonchev–Trinajstić information content (AvgIpc) is 2.83. The van der Waals surface area contributed by atoms with Gasteiger partial charge in [0, 0.05) is 37.5 Å². The minimum absolute atomic E-state index is 0.0433. The van der Waals surface area contributed by atoms with Crippen LogP contribution in [0.15, 0.2) is 42.7 Å². The Labute approximate surface area is 196 Å². The van der Waals surface area contributed by atoms with Crippen molar-refractivity contribution >= 4 is 22.9 Å². The number of fused-ring (bicyclic) bond motifs is 1. The number of rotatable bonds is 10. The van der Waals surface area contributed by atoms with E-state index in [4.69, 9.17) is 4.74 Å². The topological polar surface area (TPSA) is 83.5 Å². The van der Waals surface area contributed by atoms with E-state index in [1.807, 2.05) is 44.2 Å². The van der Waals surface area contributed by atoms with Crippen molar-refractivity contribution in [1.82, 2.24) is 25.2 Å². The average molecular weight is 451 g/mol. The highest BCUT2D eigenvalue weighted by Gasteiger charge is 2.14. The molecule has 176 valence electrons. The minimum atomic E-state index is -0.216. The monoisotopic (exact) mass is 450 g/mol. The molecule has 3 rings (SSSR count). The number of nitrogens with one attached hydrogen (secondary N) is 1. The van der Waals surface area contributed by atoms with E-state index < -0.39 is 0 Å². The lowest BCUT2D eigenvalue weighted by molar-refractivity contribution is 0.244. The summed E-state index contributed by atoms with van der Waals surface area (Å²) in [6.07, 6.45) is 4.39. The number of hydrogen-bond donors (Lipinski definition) is 1. The number of urea groups is 1. The predicted octanol–water partition coefficient (Wildman–Crippen LogP) is 4.36. The van der Waals surface area contributed by atoms with Gasteiger partial charge in [0.15, 0.2) is 5.82 Å². The van der Waals surface area contributed by atoms with E-state index in [9.17, 15) is 4.79 Å². The molecule has 0 unspecified atom stereocenters. The van der Waals surface area contributed by atoms with Crippen molar-refractivity contribution < 1.29 is 9.53 Å². The molecule has 3 aromatic rings. The fourth-order valence-corrected chi connectivity index (χ4v) is 3.43. The molecule has 2 aromatic heterocycles. The standard InChI is InChI=1S/C25H34N6O2/c1-6-31(7-2)13-8-14-33-24-12-10-20(16-27-24)19-9-11-21-22(15-19)29-23(17-26-21)30(5)25(32)28-18(3)4/h9-12,15-18H,6-8,13-14H2,1-5H3,(H,28,32). The number of carbonyl (C=O) groups is 1. The Kier molecular flexibility index (Phi) is 8.54. The molecular weight excluding hydrogens is 416 g/mol. The minimum Gasteiger partial charge on any atom is -0.478 e. The quantitative estimate of drug-likeness (QED) is 0.462. The second kappa shape index (κ2) is 11.6. The van der Waals surface area contributed by atoms with E-state index >= 15 is 0 Å².